The number of fused-ring (bicyclic) bond motifs is 1. The molecule has 0 saturated heterocycles. The summed E-state index contributed by atoms with van der Waals surface area (Å²) < 4.78 is 13.5. The van der Waals surface area contributed by atoms with E-state index in [9.17, 15) is 9.18 Å². The summed E-state index contributed by atoms with van der Waals surface area (Å²) in [6.07, 6.45) is 3.20. The number of thiophene rings is 1. The molecule has 0 aliphatic heterocycles. The van der Waals surface area contributed by atoms with Crippen LogP contribution in [0.3, 0.4) is 0 Å². The first kappa shape index (κ1) is 12.2. The van der Waals surface area contributed by atoms with Crippen molar-refractivity contribution in [2.75, 3.05) is 5.32 Å². The summed E-state index contributed by atoms with van der Waals surface area (Å²) >= 11 is 1.47. The van der Waals surface area contributed by atoms with Gasteiger partial charge in [0.1, 0.15) is 11.6 Å². The number of phenolic OH excluding ortho intramolecular Hbond substituents is 1. The second-order valence-corrected chi connectivity index (χ2v) is 5.67. The van der Waals surface area contributed by atoms with Crippen LogP contribution >= 0.6 is 11.3 Å². The maximum atomic E-state index is 13.5. The van der Waals surface area contributed by atoms with Crippen LogP contribution in [0.5, 0.6) is 5.75 Å². The molecule has 1 aliphatic rings. The maximum Gasteiger partial charge on any atom is 0.265 e. The summed E-state index contributed by atoms with van der Waals surface area (Å²) in [5.74, 6) is -1.10. The van der Waals surface area contributed by atoms with Crippen LogP contribution < -0.4 is 5.32 Å². The Kier molecular flexibility index (Phi) is 2.98. The molecule has 1 aromatic carbocycles. The Morgan fingerprint density at radius 2 is 2.16 bits per heavy atom. The number of rotatable bonds is 2. The monoisotopic (exact) mass is 277 g/mol. The van der Waals surface area contributed by atoms with Gasteiger partial charge in [-0.2, -0.15) is 0 Å². The molecule has 1 heterocycles. The van der Waals surface area contributed by atoms with Gasteiger partial charge in [-0.05, 0) is 43.0 Å². The molecule has 0 fully saturated rings. The number of hydrogen-bond acceptors (Lipinski definition) is 3. The largest absolute Gasteiger partial charge is 0.508 e. The van der Waals surface area contributed by atoms with Gasteiger partial charge in [0.15, 0.2) is 0 Å². The molecule has 0 spiro atoms. The van der Waals surface area contributed by atoms with Crippen molar-refractivity contribution in [3.8, 4) is 5.75 Å². The lowest BCUT2D eigenvalue weighted by molar-refractivity contribution is 0.103. The van der Waals surface area contributed by atoms with Crippen LogP contribution in [0.15, 0.2) is 24.3 Å². The zero-order valence-electron chi connectivity index (χ0n) is 10.1. The van der Waals surface area contributed by atoms with E-state index in [2.05, 4.69) is 5.32 Å². The lowest BCUT2D eigenvalue weighted by Gasteiger charge is -2.05. The van der Waals surface area contributed by atoms with Gasteiger partial charge in [0.25, 0.3) is 5.91 Å². The molecule has 5 heteroatoms. The SMILES string of the molecule is O=C(Nc1ccc(O)cc1F)c1cc2c(s1)CCC2. The van der Waals surface area contributed by atoms with Crippen molar-refractivity contribution in [2.24, 2.45) is 0 Å². The molecule has 0 bridgehead atoms. The number of benzene rings is 1. The number of nitrogens with one attached hydrogen (secondary N) is 1. The third-order valence-corrected chi connectivity index (χ3v) is 4.41. The first-order valence-electron chi connectivity index (χ1n) is 6.05. The molecule has 3 rings (SSSR count). The highest BCUT2D eigenvalue weighted by atomic mass is 32.1. The minimum Gasteiger partial charge on any atom is -0.508 e. The van der Waals surface area contributed by atoms with Crippen LogP contribution in [0.1, 0.15) is 26.5 Å². The number of hydrogen-bond donors (Lipinski definition) is 2. The number of carbonyl (C=O) groups excluding carboxylic acids is 1. The smallest absolute Gasteiger partial charge is 0.265 e. The fourth-order valence-corrected chi connectivity index (χ4v) is 3.38. The number of carbonyl (C=O) groups is 1. The van der Waals surface area contributed by atoms with Crippen LogP contribution in [0, 0.1) is 5.82 Å². The van der Waals surface area contributed by atoms with Gasteiger partial charge < -0.3 is 10.4 Å². The van der Waals surface area contributed by atoms with E-state index in [0.717, 1.165) is 25.3 Å². The highest BCUT2D eigenvalue weighted by molar-refractivity contribution is 7.14. The Balaban J connectivity index is 1.80. The number of anilines is 1. The molecule has 0 atom stereocenters. The predicted molar refractivity (Wildman–Crippen MR) is 72.4 cm³/mol. The second-order valence-electron chi connectivity index (χ2n) is 4.53. The molecule has 0 unspecified atom stereocenters. The third kappa shape index (κ3) is 2.33. The number of halogens is 1. The Morgan fingerprint density at radius 1 is 1.32 bits per heavy atom. The van der Waals surface area contributed by atoms with Crippen molar-refractivity contribution < 1.29 is 14.3 Å². The van der Waals surface area contributed by atoms with Gasteiger partial charge in [-0.25, -0.2) is 4.39 Å². The van der Waals surface area contributed by atoms with Crippen molar-refractivity contribution in [3.05, 3.63) is 45.4 Å². The van der Waals surface area contributed by atoms with Crippen molar-refractivity contribution in [1.82, 2.24) is 0 Å². The van der Waals surface area contributed by atoms with Gasteiger partial charge in [-0.1, -0.05) is 0 Å². The summed E-state index contributed by atoms with van der Waals surface area (Å²) in [5, 5.41) is 11.6. The molecule has 98 valence electrons. The van der Waals surface area contributed by atoms with E-state index in [-0.39, 0.29) is 17.3 Å². The lowest BCUT2D eigenvalue weighted by Crippen LogP contribution is -2.11. The molecule has 1 aliphatic carbocycles. The predicted octanol–water partition coefficient (Wildman–Crippen LogP) is 3.33. The van der Waals surface area contributed by atoms with Gasteiger partial charge in [0.05, 0.1) is 10.6 Å². The molecule has 1 amide bonds. The maximum absolute atomic E-state index is 13.5. The molecule has 2 N–H and O–H groups in total. The van der Waals surface area contributed by atoms with Gasteiger partial charge >= 0.3 is 0 Å². The number of aryl methyl sites for hydroxylation is 2. The van der Waals surface area contributed by atoms with Crippen LogP contribution in [-0.4, -0.2) is 11.0 Å². The van der Waals surface area contributed by atoms with E-state index in [1.54, 1.807) is 0 Å². The lowest BCUT2D eigenvalue weighted by atomic mass is 10.2. The zero-order chi connectivity index (χ0) is 13.4. The van der Waals surface area contributed by atoms with Crippen LogP contribution in [0.4, 0.5) is 10.1 Å². The topological polar surface area (TPSA) is 49.3 Å². The van der Waals surface area contributed by atoms with E-state index < -0.39 is 5.82 Å². The Morgan fingerprint density at radius 3 is 2.89 bits per heavy atom. The summed E-state index contributed by atoms with van der Waals surface area (Å²) in [4.78, 5) is 13.9. The second kappa shape index (κ2) is 4.66. The normalized spacial score (nSPS) is 13.3. The van der Waals surface area contributed by atoms with Gasteiger partial charge in [0, 0.05) is 10.9 Å². The fourth-order valence-electron chi connectivity index (χ4n) is 2.23. The van der Waals surface area contributed by atoms with E-state index >= 15 is 0 Å². The number of aromatic hydroxyl groups is 1. The van der Waals surface area contributed by atoms with Gasteiger partial charge in [-0.15, -0.1) is 11.3 Å². The average molecular weight is 277 g/mol. The van der Waals surface area contributed by atoms with Crippen molar-refractivity contribution >= 4 is 22.9 Å². The van der Waals surface area contributed by atoms with Crippen molar-refractivity contribution in [3.63, 3.8) is 0 Å². The number of phenols is 1. The summed E-state index contributed by atoms with van der Waals surface area (Å²) in [7, 11) is 0. The molecule has 3 nitrogen and oxygen atoms in total. The Hall–Kier alpha value is -1.88. The van der Waals surface area contributed by atoms with E-state index in [1.807, 2.05) is 6.07 Å². The minimum atomic E-state index is -0.641. The zero-order valence-corrected chi connectivity index (χ0v) is 10.9. The third-order valence-electron chi connectivity index (χ3n) is 3.17. The van der Waals surface area contributed by atoms with E-state index in [4.69, 9.17) is 5.11 Å². The molecule has 19 heavy (non-hydrogen) atoms. The van der Waals surface area contributed by atoms with Crippen molar-refractivity contribution in [1.29, 1.82) is 0 Å². The Labute approximate surface area is 113 Å². The average Bonchev–Trinajstić information content (AvgIpc) is 2.93. The first-order valence-corrected chi connectivity index (χ1v) is 6.86. The Bertz CT molecular complexity index is 629. The molecular weight excluding hydrogens is 265 g/mol. The molecular formula is C14H12FNO2S. The van der Waals surface area contributed by atoms with E-state index in [1.165, 1.54) is 33.9 Å². The van der Waals surface area contributed by atoms with Crippen LogP contribution in [0.2, 0.25) is 0 Å². The van der Waals surface area contributed by atoms with Crippen LogP contribution in [0.25, 0.3) is 0 Å². The standard InChI is InChI=1S/C14H12FNO2S/c15-10-7-9(17)4-5-11(10)16-14(18)13-6-8-2-1-3-12(8)19-13/h4-7,17H,1-3H2,(H,16,18). The minimum absolute atomic E-state index is 0.0800. The molecule has 0 radical (unpaired) electrons. The summed E-state index contributed by atoms with van der Waals surface area (Å²) in [5.41, 5.74) is 1.32. The van der Waals surface area contributed by atoms with Gasteiger partial charge in [0.2, 0.25) is 0 Å². The molecule has 0 saturated carbocycles. The van der Waals surface area contributed by atoms with E-state index in [0.29, 0.717) is 4.88 Å². The molecule has 2 aromatic rings. The summed E-state index contributed by atoms with van der Waals surface area (Å²) in [6, 6.07) is 5.56. The van der Waals surface area contributed by atoms with Gasteiger partial charge in [-0.3, -0.25) is 4.79 Å². The summed E-state index contributed by atoms with van der Waals surface area (Å²) in [6.45, 7) is 0. The fraction of sp³-hybridized carbons (Fsp3) is 0.214. The quantitative estimate of drug-likeness (QED) is 0.827. The van der Waals surface area contributed by atoms with Crippen LogP contribution in [-0.2, 0) is 12.8 Å². The highest BCUT2D eigenvalue weighted by Crippen LogP contribution is 2.31. The molecule has 1 aromatic heterocycles. The highest BCUT2D eigenvalue weighted by Gasteiger charge is 2.19. The first-order chi connectivity index (χ1) is 9.13. The van der Waals surface area contributed by atoms with Crippen molar-refractivity contribution in [2.45, 2.75) is 19.3 Å². The number of amides is 1.